The van der Waals surface area contributed by atoms with Crippen LogP contribution in [0.3, 0.4) is 0 Å². The molecule has 1 amide bonds. The first-order valence-corrected chi connectivity index (χ1v) is 11.4. The zero-order chi connectivity index (χ0) is 19.6. The molecule has 0 aromatic carbocycles. The molecule has 3 aliphatic rings. The van der Waals surface area contributed by atoms with Crippen molar-refractivity contribution < 1.29 is 9.90 Å². The van der Waals surface area contributed by atoms with Crippen molar-refractivity contribution in [2.24, 2.45) is 7.05 Å². The molecular weight excluding hydrogens is 352 g/mol. The average Bonchev–Trinajstić information content (AvgIpc) is 2.88. The van der Waals surface area contributed by atoms with Gasteiger partial charge in [0, 0.05) is 44.0 Å². The van der Waals surface area contributed by atoms with Crippen LogP contribution in [0.15, 0.2) is 0 Å². The number of fused-ring (bicyclic) bond motifs is 1. The minimum absolute atomic E-state index is 0.116. The first-order chi connectivity index (χ1) is 13.6. The Kier molecular flexibility index (Phi) is 6.07. The highest BCUT2D eigenvalue weighted by molar-refractivity contribution is 5.94. The molecule has 2 fully saturated rings. The summed E-state index contributed by atoms with van der Waals surface area (Å²) in [6, 6.07) is 0.318. The van der Waals surface area contributed by atoms with Gasteiger partial charge >= 0.3 is 0 Å². The zero-order valence-electron chi connectivity index (χ0n) is 17.4. The van der Waals surface area contributed by atoms with E-state index in [1.807, 2.05) is 16.6 Å². The smallest absolute Gasteiger partial charge is 0.274 e. The summed E-state index contributed by atoms with van der Waals surface area (Å²) in [5, 5.41) is 19.1. The van der Waals surface area contributed by atoms with Crippen molar-refractivity contribution in [2.75, 3.05) is 19.6 Å². The van der Waals surface area contributed by atoms with Crippen LogP contribution in [0.4, 0.5) is 0 Å². The van der Waals surface area contributed by atoms with Crippen molar-refractivity contribution in [1.82, 2.24) is 20.0 Å². The van der Waals surface area contributed by atoms with Gasteiger partial charge in [-0.2, -0.15) is 5.10 Å². The lowest BCUT2D eigenvalue weighted by Gasteiger charge is -2.35. The zero-order valence-corrected chi connectivity index (χ0v) is 17.4. The second-order valence-corrected chi connectivity index (χ2v) is 9.21. The second kappa shape index (κ2) is 8.54. The molecule has 0 spiro atoms. The van der Waals surface area contributed by atoms with E-state index in [9.17, 15) is 9.90 Å². The molecule has 0 bridgehead atoms. The molecule has 1 unspecified atom stereocenters. The molecule has 1 aromatic heterocycles. The average molecular weight is 389 g/mol. The van der Waals surface area contributed by atoms with E-state index in [-0.39, 0.29) is 5.91 Å². The number of rotatable bonds is 4. The molecule has 4 rings (SSSR count). The Morgan fingerprint density at radius 1 is 1.14 bits per heavy atom. The quantitative estimate of drug-likeness (QED) is 0.832. The van der Waals surface area contributed by atoms with Crippen LogP contribution in [-0.4, -0.2) is 57.0 Å². The van der Waals surface area contributed by atoms with Gasteiger partial charge in [-0.3, -0.25) is 9.48 Å². The maximum absolute atomic E-state index is 13.2. The van der Waals surface area contributed by atoms with E-state index < -0.39 is 5.60 Å². The van der Waals surface area contributed by atoms with Gasteiger partial charge in [0.1, 0.15) is 0 Å². The Morgan fingerprint density at radius 2 is 1.82 bits per heavy atom. The molecule has 2 N–H and O–H groups in total. The van der Waals surface area contributed by atoms with Gasteiger partial charge in [0.25, 0.3) is 5.91 Å². The van der Waals surface area contributed by atoms with E-state index in [2.05, 4.69) is 10.4 Å². The van der Waals surface area contributed by atoms with Crippen molar-refractivity contribution in [3.63, 3.8) is 0 Å². The van der Waals surface area contributed by atoms with E-state index in [0.29, 0.717) is 18.3 Å². The van der Waals surface area contributed by atoms with Gasteiger partial charge in [0.2, 0.25) is 0 Å². The number of nitrogens with one attached hydrogen (secondary N) is 1. The molecule has 2 aliphatic carbocycles. The summed E-state index contributed by atoms with van der Waals surface area (Å²) < 4.78 is 1.92. The Hall–Kier alpha value is -1.40. The topological polar surface area (TPSA) is 70.4 Å². The standard InChI is InChI=1S/C22H36N4O2/c1-25-19-10-9-17(23-16-22(28)11-5-4-6-12-22)15-18(19)20(24-25)21(27)26-13-7-2-3-8-14-26/h17,23,28H,2-16H2,1H3. The van der Waals surface area contributed by atoms with Crippen molar-refractivity contribution in [1.29, 1.82) is 0 Å². The van der Waals surface area contributed by atoms with E-state index >= 15 is 0 Å². The third kappa shape index (κ3) is 4.28. The number of hydrogen-bond acceptors (Lipinski definition) is 4. The molecule has 28 heavy (non-hydrogen) atoms. The third-order valence-electron chi connectivity index (χ3n) is 7.05. The summed E-state index contributed by atoms with van der Waals surface area (Å²) in [6.45, 7) is 2.39. The fourth-order valence-corrected chi connectivity index (χ4v) is 5.28. The molecule has 1 aromatic rings. The van der Waals surface area contributed by atoms with Crippen LogP contribution in [0, 0.1) is 0 Å². The van der Waals surface area contributed by atoms with Crippen LogP contribution in [0.1, 0.15) is 86.0 Å². The fraction of sp³-hybridized carbons (Fsp3) is 0.818. The summed E-state index contributed by atoms with van der Waals surface area (Å²) in [6.07, 6.45) is 12.8. The van der Waals surface area contributed by atoms with Crippen LogP contribution in [0.2, 0.25) is 0 Å². The number of aryl methyl sites for hydroxylation is 1. The monoisotopic (exact) mass is 388 g/mol. The van der Waals surface area contributed by atoms with Gasteiger partial charge in [-0.15, -0.1) is 0 Å². The van der Waals surface area contributed by atoms with Crippen LogP contribution in [0.5, 0.6) is 0 Å². The molecule has 1 aliphatic heterocycles. The van der Waals surface area contributed by atoms with Gasteiger partial charge in [0.05, 0.1) is 5.60 Å². The predicted molar refractivity (Wildman–Crippen MR) is 109 cm³/mol. The Bertz CT molecular complexity index is 685. The summed E-state index contributed by atoms with van der Waals surface area (Å²) in [5.41, 5.74) is 2.48. The molecule has 1 saturated carbocycles. The Balaban J connectivity index is 1.44. The van der Waals surface area contributed by atoms with E-state index in [4.69, 9.17) is 0 Å². The lowest BCUT2D eigenvalue weighted by atomic mass is 9.84. The van der Waals surface area contributed by atoms with E-state index in [1.54, 1.807) is 0 Å². The number of hydrogen-bond donors (Lipinski definition) is 2. The molecule has 2 heterocycles. The summed E-state index contributed by atoms with van der Waals surface area (Å²) in [7, 11) is 1.97. The van der Waals surface area contributed by atoms with Crippen LogP contribution in [0.25, 0.3) is 0 Å². The molecule has 0 radical (unpaired) electrons. The number of aromatic nitrogens is 2. The van der Waals surface area contributed by atoms with Crippen LogP contribution >= 0.6 is 0 Å². The lowest BCUT2D eigenvalue weighted by Crippen LogP contribution is -2.47. The van der Waals surface area contributed by atoms with Crippen LogP contribution in [-0.2, 0) is 19.9 Å². The highest BCUT2D eigenvalue weighted by Crippen LogP contribution is 2.29. The third-order valence-corrected chi connectivity index (χ3v) is 7.05. The number of amides is 1. The van der Waals surface area contributed by atoms with Crippen molar-refractivity contribution in [2.45, 2.75) is 88.7 Å². The Morgan fingerprint density at radius 3 is 2.54 bits per heavy atom. The molecule has 156 valence electrons. The summed E-state index contributed by atoms with van der Waals surface area (Å²) in [4.78, 5) is 15.2. The lowest BCUT2D eigenvalue weighted by molar-refractivity contribution is 0.00227. The predicted octanol–water partition coefficient (Wildman–Crippen LogP) is 2.58. The van der Waals surface area contributed by atoms with Gasteiger partial charge in [-0.05, 0) is 44.9 Å². The van der Waals surface area contributed by atoms with Gasteiger partial charge in [0.15, 0.2) is 5.69 Å². The number of carbonyl (C=O) groups excluding carboxylic acids is 1. The molecular formula is C22H36N4O2. The Labute approximate surface area is 168 Å². The number of aliphatic hydroxyl groups is 1. The van der Waals surface area contributed by atoms with E-state index in [1.165, 1.54) is 25.0 Å². The van der Waals surface area contributed by atoms with Crippen molar-refractivity contribution in [3.05, 3.63) is 17.0 Å². The fourth-order valence-electron chi connectivity index (χ4n) is 5.28. The number of nitrogens with zero attached hydrogens (tertiary/aromatic N) is 3. The largest absolute Gasteiger partial charge is 0.389 e. The molecule has 6 nitrogen and oxygen atoms in total. The van der Waals surface area contributed by atoms with E-state index in [0.717, 1.165) is 76.4 Å². The SMILES string of the molecule is Cn1nc(C(=O)N2CCCCCC2)c2c1CCC(NCC1(O)CCCCC1)C2. The minimum Gasteiger partial charge on any atom is -0.389 e. The second-order valence-electron chi connectivity index (χ2n) is 9.21. The first kappa shape index (κ1) is 19.9. The molecule has 6 heteroatoms. The highest BCUT2D eigenvalue weighted by atomic mass is 16.3. The highest BCUT2D eigenvalue weighted by Gasteiger charge is 2.33. The maximum atomic E-state index is 13.2. The van der Waals surface area contributed by atoms with Gasteiger partial charge in [-0.1, -0.05) is 32.1 Å². The van der Waals surface area contributed by atoms with Gasteiger partial charge in [-0.25, -0.2) is 0 Å². The minimum atomic E-state index is -0.543. The number of carbonyl (C=O) groups is 1. The normalized spacial score (nSPS) is 25.2. The van der Waals surface area contributed by atoms with Crippen molar-refractivity contribution in [3.8, 4) is 0 Å². The number of likely N-dealkylation sites (tertiary alicyclic amines) is 1. The van der Waals surface area contributed by atoms with Gasteiger partial charge < -0.3 is 15.3 Å². The first-order valence-electron chi connectivity index (χ1n) is 11.4. The summed E-state index contributed by atoms with van der Waals surface area (Å²) >= 11 is 0. The van der Waals surface area contributed by atoms with Crippen LogP contribution < -0.4 is 5.32 Å². The maximum Gasteiger partial charge on any atom is 0.274 e. The molecule has 1 atom stereocenters. The molecule has 1 saturated heterocycles. The summed E-state index contributed by atoms with van der Waals surface area (Å²) in [5.74, 6) is 0.116. The van der Waals surface area contributed by atoms with Crippen molar-refractivity contribution >= 4 is 5.91 Å².